The molecule has 0 aliphatic heterocycles. The van der Waals surface area contributed by atoms with E-state index in [0.717, 1.165) is 0 Å². The van der Waals surface area contributed by atoms with E-state index in [-0.39, 0.29) is 24.8 Å². The monoisotopic (exact) mass is 472 g/mol. The third-order valence-corrected chi connectivity index (χ3v) is 23.9. The Bertz CT molecular complexity index is 827. The van der Waals surface area contributed by atoms with Crippen LogP contribution in [0.3, 0.4) is 0 Å². The van der Waals surface area contributed by atoms with Gasteiger partial charge in [0.1, 0.15) is 0 Å². The van der Waals surface area contributed by atoms with E-state index in [2.05, 4.69) is 84.3 Å². The number of hydrogen-bond donors (Lipinski definition) is 0. The summed E-state index contributed by atoms with van der Waals surface area (Å²) in [6.07, 6.45) is 9.25. The summed E-state index contributed by atoms with van der Waals surface area (Å²) in [5.74, 6) is 0. The molecule has 0 radical (unpaired) electrons. The second-order valence-corrected chi connectivity index (χ2v) is 40.3. The zero-order valence-corrected chi connectivity index (χ0v) is 19.7. The van der Waals surface area contributed by atoms with Crippen molar-refractivity contribution in [2.75, 3.05) is 0 Å². The second-order valence-electron chi connectivity index (χ2n) is 6.98. The molecule has 0 N–H and O–H groups in total. The van der Waals surface area contributed by atoms with Gasteiger partial charge in [-0.25, -0.2) is 0 Å². The summed E-state index contributed by atoms with van der Waals surface area (Å²) >= 11 is -3.54. The van der Waals surface area contributed by atoms with Gasteiger partial charge in [0.25, 0.3) is 0 Å². The van der Waals surface area contributed by atoms with Crippen molar-refractivity contribution in [3.8, 4) is 0 Å². The molecule has 0 bridgehead atoms. The molecule has 2 unspecified atom stereocenters. The van der Waals surface area contributed by atoms with Gasteiger partial charge in [-0.2, -0.15) is 0 Å². The molecule has 0 heterocycles. The quantitative estimate of drug-likeness (QED) is 0.482. The first kappa shape index (κ1) is 20.2. The molecule has 0 fully saturated rings. The van der Waals surface area contributed by atoms with Gasteiger partial charge < -0.3 is 0 Å². The van der Waals surface area contributed by atoms with E-state index in [1.807, 2.05) is 0 Å². The SMILES string of the molecule is Cl.Cl.[CH3][Zr](=[SiH2])([Cl])([CH]1C=Cc2ccccc21)[CH]1C=Cc2ccccc21. The fourth-order valence-corrected chi connectivity index (χ4v) is 19.8. The Hall–Kier alpha value is -0.110. The zero-order chi connectivity index (χ0) is 15.4. The van der Waals surface area contributed by atoms with Crippen molar-refractivity contribution in [3.63, 3.8) is 0 Å². The average molecular weight is 475 g/mol. The van der Waals surface area contributed by atoms with Gasteiger partial charge in [0.15, 0.2) is 0 Å². The van der Waals surface area contributed by atoms with Crippen LogP contribution in [0.25, 0.3) is 12.2 Å². The van der Waals surface area contributed by atoms with Crippen LogP contribution >= 0.6 is 33.3 Å². The summed E-state index contributed by atoms with van der Waals surface area (Å²) in [7, 11) is 7.58. The molecule has 0 amide bonds. The van der Waals surface area contributed by atoms with Gasteiger partial charge in [0, 0.05) is 0 Å². The molecule has 0 aromatic heterocycles. The first-order valence-corrected chi connectivity index (χ1v) is 22.1. The molecule has 0 nitrogen and oxygen atoms in total. The van der Waals surface area contributed by atoms with Crippen molar-refractivity contribution in [1.82, 2.24) is 0 Å². The van der Waals surface area contributed by atoms with Gasteiger partial charge in [-0.15, -0.1) is 24.8 Å². The van der Waals surface area contributed by atoms with Crippen molar-refractivity contribution in [2.24, 2.45) is 0 Å². The van der Waals surface area contributed by atoms with Crippen molar-refractivity contribution < 1.29 is 16.2 Å². The molecular formula is C19H21Cl3SiZr. The normalized spacial score (nSPS) is 20.8. The summed E-state index contributed by atoms with van der Waals surface area (Å²) in [5, 5.41) is 0. The Morgan fingerprint density at radius 3 is 1.58 bits per heavy atom. The van der Waals surface area contributed by atoms with Crippen LogP contribution < -0.4 is 0 Å². The molecule has 2 aliphatic carbocycles. The van der Waals surface area contributed by atoms with Crippen LogP contribution in [0, 0.1) is 0 Å². The Labute approximate surface area is 162 Å². The van der Waals surface area contributed by atoms with E-state index in [1.54, 1.807) is 0 Å². The van der Waals surface area contributed by atoms with Gasteiger partial charge >= 0.3 is 139 Å². The minimum atomic E-state index is -3.54. The van der Waals surface area contributed by atoms with Crippen LogP contribution in [0.1, 0.15) is 29.5 Å². The maximum atomic E-state index is 7.58. The van der Waals surface area contributed by atoms with E-state index >= 15 is 0 Å². The molecule has 5 heteroatoms. The molecule has 0 spiro atoms. The van der Waals surface area contributed by atoms with Crippen LogP contribution in [-0.4, -0.2) is 6.88 Å². The van der Waals surface area contributed by atoms with Gasteiger partial charge in [-0.05, 0) is 0 Å². The van der Waals surface area contributed by atoms with Crippen molar-refractivity contribution in [1.29, 1.82) is 0 Å². The average Bonchev–Trinajstić information content (AvgIpc) is 3.12. The van der Waals surface area contributed by atoms with Gasteiger partial charge in [-0.1, -0.05) is 0 Å². The zero-order valence-electron chi connectivity index (χ0n) is 13.5. The number of allylic oxidation sites excluding steroid dienone is 2. The summed E-state index contributed by atoms with van der Waals surface area (Å²) in [6, 6.07) is 17.4. The molecule has 0 saturated heterocycles. The Morgan fingerprint density at radius 1 is 0.792 bits per heavy atom. The minimum absolute atomic E-state index is 0. The van der Waals surface area contributed by atoms with E-state index in [9.17, 15) is 0 Å². The van der Waals surface area contributed by atoms with Crippen molar-refractivity contribution in [3.05, 3.63) is 82.9 Å². The summed E-state index contributed by atoms with van der Waals surface area (Å²) in [6.45, 7) is 2.14. The number of halogens is 3. The predicted octanol–water partition coefficient (Wildman–Crippen LogP) is 5.81. The third-order valence-electron chi connectivity index (χ3n) is 5.25. The van der Waals surface area contributed by atoms with Gasteiger partial charge in [0.2, 0.25) is 0 Å². The van der Waals surface area contributed by atoms with Crippen LogP contribution in [0.2, 0.25) is 4.63 Å². The molecule has 2 atom stereocenters. The standard InChI is InChI=1S/2C9H7.CH3.3ClH.H2Si.Zr/c2*1-2-5-9-7-3-6-8(9)4-1;;;;;;/h2*1-7H;1H3;3*1H;1H2;/q;;;;;;;+1/p-1. The van der Waals surface area contributed by atoms with Gasteiger partial charge in [0.05, 0.1) is 0 Å². The Morgan fingerprint density at radius 2 is 1.17 bits per heavy atom. The van der Waals surface area contributed by atoms with Crippen LogP contribution in [0.4, 0.5) is 0 Å². The fourth-order valence-electron chi connectivity index (χ4n) is 4.03. The second kappa shape index (κ2) is 6.89. The van der Waals surface area contributed by atoms with E-state index in [4.69, 9.17) is 8.51 Å². The van der Waals surface area contributed by atoms with Gasteiger partial charge in [-0.3, -0.25) is 0 Å². The number of fused-ring (bicyclic) bond motifs is 2. The number of benzene rings is 2. The van der Waals surface area contributed by atoms with E-state index in [1.165, 1.54) is 22.3 Å². The topological polar surface area (TPSA) is 0 Å². The van der Waals surface area contributed by atoms with Crippen LogP contribution in [-0.2, 0) is 16.2 Å². The van der Waals surface area contributed by atoms with E-state index in [0.29, 0.717) is 7.25 Å². The Balaban J connectivity index is 0.00000104. The molecule has 0 saturated carbocycles. The van der Waals surface area contributed by atoms with Crippen molar-refractivity contribution >= 4 is 52.4 Å². The van der Waals surface area contributed by atoms with Crippen LogP contribution in [0.15, 0.2) is 60.7 Å². The first-order valence-electron chi connectivity index (χ1n) is 7.76. The third kappa shape index (κ3) is 3.06. The maximum absolute atomic E-state index is 7.58. The molecule has 126 valence electrons. The summed E-state index contributed by atoms with van der Waals surface area (Å²) in [4.78, 5) is 0. The number of rotatable bonds is 2. The van der Waals surface area contributed by atoms with Crippen molar-refractivity contribution in [2.45, 2.75) is 11.9 Å². The Kier molecular flexibility index (Phi) is 5.80. The number of hydrogen-bond acceptors (Lipinski definition) is 0. The molecule has 2 aromatic carbocycles. The van der Waals surface area contributed by atoms with E-state index < -0.39 is 16.2 Å². The molecule has 4 rings (SSSR count). The summed E-state index contributed by atoms with van der Waals surface area (Å²) in [5.41, 5.74) is 5.55. The molecule has 24 heavy (non-hydrogen) atoms. The fraction of sp³-hybridized carbons (Fsp3) is 0.158. The molecular weight excluding hydrogens is 454 g/mol. The molecule has 2 aromatic rings. The molecule has 2 aliphatic rings. The summed E-state index contributed by atoms with van der Waals surface area (Å²) < 4.78 is 3.24. The van der Waals surface area contributed by atoms with Crippen LogP contribution in [0.5, 0.6) is 0 Å². The predicted molar refractivity (Wildman–Crippen MR) is 111 cm³/mol. The first-order chi connectivity index (χ1) is 10.5.